The molecule has 0 amide bonds. The van der Waals surface area contributed by atoms with Crippen molar-refractivity contribution in [3.63, 3.8) is 0 Å². The zero-order chi connectivity index (χ0) is 9.90. The molecule has 13 heavy (non-hydrogen) atoms. The molecule has 0 N–H and O–H groups in total. The average Bonchev–Trinajstić information content (AvgIpc) is 2.47. The molecule has 1 heterocycles. The number of hydrogen-bond donors (Lipinski definition) is 0. The van der Waals surface area contributed by atoms with Crippen LogP contribution in [0.15, 0.2) is 23.0 Å². The molecule has 0 bridgehead atoms. The molecule has 0 saturated carbocycles. The molecule has 0 radical (unpaired) electrons. The number of furan rings is 1. The van der Waals surface area contributed by atoms with Crippen LogP contribution in [0.2, 0.25) is 19.6 Å². The highest BCUT2D eigenvalue weighted by Crippen LogP contribution is 2.09. The van der Waals surface area contributed by atoms with Gasteiger partial charge in [-0.25, -0.2) is 0 Å². The standard InChI is InChI=1S/C10H16O2Si/c1-11-7-5-9-6-8-12-10(9)13(2,3)4/h5-8H,1-4H3/b7-5+. The van der Waals surface area contributed by atoms with Crippen LogP contribution >= 0.6 is 0 Å². The van der Waals surface area contributed by atoms with Crippen LogP contribution in [0, 0.1) is 0 Å². The highest BCUT2D eigenvalue weighted by atomic mass is 28.3. The summed E-state index contributed by atoms with van der Waals surface area (Å²) >= 11 is 0. The lowest BCUT2D eigenvalue weighted by atomic mass is 10.3. The Hall–Kier alpha value is -0.963. The van der Waals surface area contributed by atoms with Crippen molar-refractivity contribution in [1.82, 2.24) is 0 Å². The number of hydrogen-bond acceptors (Lipinski definition) is 2. The molecule has 3 heteroatoms. The van der Waals surface area contributed by atoms with Crippen molar-refractivity contribution >= 4 is 19.5 Å². The second-order valence-electron chi connectivity index (χ2n) is 3.99. The summed E-state index contributed by atoms with van der Waals surface area (Å²) < 4.78 is 10.4. The summed E-state index contributed by atoms with van der Waals surface area (Å²) in [5, 5.41) is 1.13. The van der Waals surface area contributed by atoms with Crippen molar-refractivity contribution in [2.24, 2.45) is 0 Å². The Morgan fingerprint density at radius 1 is 1.38 bits per heavy atom. The fourth-order valence-corrected chi connectivity index (χ4v) is 2.66. The summed E-state index contributed by atoms with van der Waals surface area (Å²) in [5.41, 5.74) is 1.14. The summed E-state index contributed by atoms with van der Waals surface area (Å²) in [4.78, 5) is 0. The number of methoxy groups -OCH3 is 1. The van der Waals surface area contributed by atoms with Crippen molar-refractivity contribution in [3.8, 4) is 0 Å². The van der Waals surface area contributed by atoms with Crippen LogP contribution in [-0.4, -0.2) is 15.2 Å². The molecule has 0 saturated heterocycles. The smallest absolute Gasteiger partial charge is 0.124 e. The van der Waals surface area contributed by atoms with Crippen molar-refractivity contribution in [3.05, 3.63) is 24.2 Å². The predicted octanol–water partition coefficient (Wildman–Crippen LogP) is 2.44. The largest absolute Gasteiger partial charge is 0.504 e. The van der Waals surface area contributed by atoms with E-state index in [0.717, 1.165) is 10.9 Å². The first-order valence-corrected chi connectivity index (χ1v) is 7.83. The van der Waals surface area contributed by atoms with Gasteiger partial charge in [-0.15, -0.1) is 0 Å². The molecule has 2 nitrogen and oxygen atoms in total. The first kappa shape index (κ1) is 10.1. The molecule has 0 atom stereocenters. The molecule has 0 aliphatic rings. The minimum atomic E-state index is -1.35. The van der Waals surface area contributed by atoms with E-state index >= 15 is 0 Å². The summed E-state index contributed by atoms with van der Waals surface area (Å²) in [6.45, 7) is 6.78. The van der Waals surface area contributed by atoms with Crippen LogP contribution in [0.5, 0.6) is 0 Å². The van der Waals surface area contributed by atoms with E-state index < -0.39 is 8.07 Å². The lowest BCUT2D eigenvalue weighted by molar-refractivity contribution is 0.341. The summed E-state index contributed by atoms with van der Waals surface area (Å²) in [7, 11) is 0.295. The maximum absolute atomic E-state index is 5.48. The summed E-state index contributed by atoms with van der Waals surface area (Å²) in [6, 6.07) is 1.98. The van der Waals surface area contributed by atoms with Crippen molar-refractivity contribution < 1.29 is 9.15 Å². The van der Waals surface area contributed by atoms with E-state index in [1.54, 1.807) is 19.6 Å². The molecular formula is C10H16O2Si. The Kier molecular flexibility index (Phi) is 2.98. The quantitative estimate of drug-likeness (QED) is 0.547. The maximum Gasteiger partial charge on any atom is 0.124 e. The van der Waals surface area contributed by atoms with Gasteiger partial charge in [0.05, 0.1) is 25.0 Å². The fourth-order valence-electron chi connectivity index (χ4n) is 1.20. The highest BCUT2D eigenvalue weighted by Gasteiger charge is 2.22. The van der Waals surface area contributed by atoms with Gasteiger partial charge in [0.1, 0.15) is 8.07 Å². The van der Waals surface area contributed by atoms with Gasteiger partial charge in [-0.2, -0.15) is 0 Å². The Labute approximate surface area is 80.2 Å². The molecule has 0 aliphatic heterocycles. The Bertz CT molecular complexity index is 294. The SMILES string of the molecule is CO/C=C/c1ccoc1[Si](C)(C)C. The van der Waals surface area contributed by atoms with E-state index in [9.17, 15) is 0 Å². The zero-order valence-corrected chi connectivity index (χ0v) is 9.63. The molecule has 0 aromatic carbocycles. The van der Waals surface area contributed by atoms with Crippen LogP contribution < -0.4 is 5.38 Å². The maximum atomic E-state index is 5.48. The second kappa shape index (κ2) is 3.83. The first-order chi connectivity index (χ1) is 6.05. The zero-order valence-electron chi connectivity index (χ0n) is 8.63. The third-order valence-corrected chi connectivity index (χ3v) is 3.53. The predicted molar refractivity (Wildman–Crippen MR) is 57.7 cm³/mol. The first-order valence-electron chi connectivity index (χ1n) is 4.33. The van der Waals surface area contributed by atoms with Gasteiger partial charge in [-0.05, 0) is 12.1 Å². The van der Waals surface area contributed by atoms with Gasteiger partial charge >= 0.3 is 0 Å². The van der Waals surface area contributed by atoms with Crippen LogP contribution in [-0.2, 0) is 4.74 Å². The average molecular weight is 196 g/mol. The van der Waals surface area contributed by atoms with Crippen LogP contribution in [0.1, 0.15) is 5.56 Å². The van der Waals surface area contributed by atoms with Gasteiger partial charge in [0, 0.05) is 5.56 Å². The molecule has 0 spiro atoms. The molecule has 1 aromatic rings. The van der Waals surface area contributed by atoms with Gasteiger partial charge < -0.3 is 9.15 Å². The molecule has 1 rings (SSSR count). The molecule has 0 fully saturated rings. The van der Waals surface area contributed by atoms with E-state index in [0.29, 0.717) is 0 Å². The monoisotopic (exact) mass is 196 g/mol. The van der Waals surface area contributed by atoms with Crippen LogP contribution in [0.3, 0.4) is 0 Å². The molecule has 72 valence electrons. The molecule has 0 unspecified atom stereocenters. The number of ether oxygens (including phenoxy) is 1. The van der Waals surface area contributed by atoms with E-state index in [4.69, 9.17) is 9.15 Å². The van der Waals surface area contributed by atoms with E-state index in [1.165, 1.54) is 0 Å². The van der Waals surface area contributed by atoms with Crippen molar-refractivity contribution in [2.75, 3.05) is 7.11 Å². The van der Waals surface area contributed by atoms with Crippen molar-refractivity contribution in [1.29, 1.82) is 0 Å². The summed E-state index contributed by atoms with van der Waals surface area (Å²) in [5.74, 6) is 0. The molecular weight excluding hydrogens is 180 g/mol. The molecule has 0 aliphatic carbocycles. The Morgan fingerprint density at radius 2 is 2.08 bits per heavy atom. The minimum absolute atomic E-state index is 1.13. The molecule has 1 aromatic heterocycles. The third kappa shape index (κ3) is 2.49. The van der Waals surface area contributed by atoms with Gasteiger partial charge in [-0.3, -0.25) is 0 Å². The van der Waals surface area contributed by atoms with E-state index in [2.05, 4.69) is 19.6 Å². The van der Waals surface area contributed by atoms with E-state index in [1.807, 2.05) is 12.1 Å². The minimum Gasteiger partial charge on any atom is -0.504 e. The second-order valence-corrected chi connectivity index (χ2v) is 8.95. The summed E-state index contributed by atoms with van der Waals surface area (Å²) in [6.07, 6.45) is 5.36. The van der Waals surface area contributed by atoms with Gasteiger partial charge in [0.15, 0.2) is 0 Å². The fraction of sp³-hybridized carbons (Fsp3) is 0.400. The lowest BCUT2D eigenvalue weighted by Gasteiger charge is -2.13. The number of rotatable bonds is 3. The highest BCUT2D eigenvalue weighted by molar-refractivity contribution is 6.88. The van der Waals surface area contributed by atoms with Crippen LogP contribution in [0.25, 0.3) is 6.08 Å². The Morgan fingerprint density at radius 3 is 2.62 bits per heavy atom. The van der Waals surface area contributed by atoms with E-state index in [-0.39, 0.29) is 0 Å². The normalized spacial score (nSPS) is 12.3. The third-order valence-electron chi connectivity index (χ3n) is 1.76. The van der Waals surface area contributed by atoms with Crippen molar-refractivity contribution in [2.45, 2.75) is 19.6 Å². The van der Waals surface area contributed by atoms with Gasteiger partial charge in [0.2, 0.25) is 0 Å². The lowest BCUT2D eigenvalue weighted by Crippen LogP contribution is -2.37. The Balaban J connectivity index is 2.96. The van der Waals surface area contributed by atoms with Gasteiger partial charge in [-0.1, -0.05) is 19.6 Å². The van der Waals surface area contributed by atoms with Gasteiger partial charge in [0.25, 0.3) is 0 Å². The van der Waals surface area contributed by atoms with Crippen LogP contribution in [0.4, 0.5) is 0 Å². The topological polar surface area (TPSA) is 22.4 Å².